The lowest BCUT2D eigenvalue weighted by atomic mass is 10.3. The summed E-state index contributed by atoms with van der Waals surface area (Å²) in [4.78, 5) is 12.2. The Bertz CT molecular complexity index is 790. The summed E-state index contributed by atoms with van der Waals surface area (Å²) >= 11 is 0. The molecule has 0 fully saturated rings. The van der Waals surface area contributed by atoms with Crippen LogP contribution in [0.25, 0.3) is 11.0 Å². The molecule has 22 heavy (non-hydrogen) atoms. The van der Waals surface area contributed by atoms with Gasteiger partial charge in [0.05, 0.1) is 17.8 Å². The Kier molecular flexibility index (Phi) is 3.86. The number of carbonyl (C=O) groups is 1. The van der Waals surface area contributed by atoms with Gasteiger partial charge in [-0.15, -0.1) is 5.10 Å². The minimum Gasteiger partial charge on any atom is -0.309 e. The lowest BCUT2D eigenvalue weighted by Crippen LogP contribution is -2.22. The molecule has 114 valence electrons. The van der Waals surface area contributed by atoms with E-state index in [-0.39, 0.29) is 18.5 Å². The van der Waals surface area contributed by atoms with Crippen LogP contribution < -0.4 is 5.32 Å². The summed E-state index contributed by atoms with van der Waals surface area (Å²) < 4.78 is 3.41. The second-order valence-electron chi connectivity index (χ2n) is 5.20. The van der Waals surface area contributed by atoms with Crippen LogP contribution in [0.15, 0.2) is 36.5 Å². The highest BCUT2D eigenvalue weighted by atomic mass is 16.2. The van der Waals surface area contributed by atoms with Crippen molar-refractivity contribution in [1.29, 1.82) is 0 Å². The van der Waals surface area contributed by atoms with Gasteiger partial charge in [0.1, 0.15) is 17.9 Å². The Morgan fingerprint density at radius 1 is 1.32 bits per heavy atom. The lowest BCUT2D eigenvalue weighted by molar-refractivity contribution is -0.116. The molecular weight excluding hydrogens is 280 g/mol. The van der Waals surface area contributed by atoms with Gasteiger partial charge in [0, 0.05) is 6.07 Å². The van der Waals surface area contributed by atoms with Crippen molar-refractivity contribution in [2.24, 2.45) is 0 Å². The zero-order valence-electron chi connectivity index (χ0n) is 12.6. The average Bonchev–Trinajstić information content (AvgIpc) is 3.14. The number of aromatic nitrogens is 5. The Morgan fingerprint density at radius 3 is 2.95 bits per heavy atom. The van der Waals surface area contributed by atoms with Gasteiger partial charge in [-0.05, 0) is 25.5 Å². The van der Waals surface area contributed by atoms with Crippen LogP contribution in [-0.4, -0.2) is 30.7 Å². The van der Waals surface area contributed by atoms with Crippen molar-refractivity contribution >= 4 is 22.8 Å². The molecular formula is C15H18N6O. The fourth-order valence-corrected chi connectivity index (χ4v) is 2.29. The molecule has 0 aliphatic carbocycles. The van der Waals surface area contributed by atoms with Crippen LogP contribution in [0.3, 0.4) is 0 Å². The maximum Gasteiger partial charge on any atom is 0.247 e. The van der Waals surface area contributed by atoms with Gasteiger partial charge in [-0.2, -0.15) is 5.10 Å². The molecule has 1 N–H and O–H groups in total. The molecule has 7 nitrogen and oxygen atoms in total. The highest BCUT2D eigenvalue weighted by Gasteiger charge is 2.13. The maximum atomic E-state index is 12.2. The maximum absolute atomic E-state index is 12.2. The highest BCUT2D eigenvalue weighted by Crippen LogP contribution is 2.16. The monoisotopic (exact) mass is 298 g/mol. The lowest BCUT2D eigenvalue weighted by Gasteiger charge is -2.14. The topological polar surface area (TPSA) is 77.6 Å². The predicted octanol–water partition coefficient (Wildman–Crippen LogP) is 2.24. The molecule has 7 heteroatoms. The quantitative estimate of drug-likeness (QED) is 0.783. The Morgan fingerprint density at radius 2 is 2.14 bits per heavy atom. The molecule has 0 saturated heterocycles. The Labute approximate surface area is 127 Å². The van der Waals surface area contributed by atoms with Crippen molar-refractivity contribution in [3.8, 4) is 0 Å². The molecule has 0 bridgehead atoms. The highest BCUT2D eigenvalue weighted by molar-refractivity contribution is 5.90. The van der Waals surface area contributed by atoms with Crippen molar-refractivity contribution in [1.82, 2.24) is 24.8 Å². The third kappa shape index (κ3) is 2.69. The number of benzene rings is 1. The van der Waals surface area contributed by atoms with E-state index in [9.17, 15) is 4.79 Å². The summed E-state index contributed by atoms with van der Waals surface area (Å²) in [6, 6.07) is 9.59. The minimum absolute atomic E-state index is 0.117. The van der Waals surface area contributed by atoms with Gasteiger partial charge in [0.15, 0.2) is 0 Å². The summed E-state index contributed by atoms with van der Waals surface area (Å²) in [5.74, 6) is 0.546. The molecule has 2 aromatic heterocycles. The van der Waals surface area contributed by atoms with Crippen LogP contribution in [0.4, 0.5) is 5.82 Å². The first-order valence-electron chi connectivity index (χ1n) is 7.30. The van der Waals surface area contributed by atoms with E-state index in [2.05, 4.69) is 34.6 Å². The van der Waals surface area contributed by atoms with Crippen molar-refractivity contribution in [2.45, 2.75) is 32.9 Å². The van der Waals surface area contributed by atoms with Crippen LogP contribution >= 0.6 is 0 Å². The number of hydrogen-bond donors (Lipinski definition) is 1. The molecule has 1 amide bonds. The van der Waals surface area contributed by atoms with E-state index in [0.717, 1.165) is 17.5 Å². The molecule has 0 spiro atoms. The molecule has 0 radical (unpaired) electrons. The molecule has 1 unspecified atom stereocenters. The number of para-hydroxylation sites is 1. The van der Waals surface area contributed by atoms with Crippen molar-refractivity contribution in [2.75, 3.05) is 5.32 Å². The Hall–Kier alpha value is -2.70. The van der Waals surface area contributed by atoms with E-state index in [1.54, 1.807) is 16.9 Å². The van der Waals surface area contributed by atoms with Gasteiger partial charge in [0.2, 0.25) is 5.91 Å². The van der Waals surface area contributed by atoms with E-state index in [4.69, 9.17) is 0 Å². The van der Waals surface area contributed by atoms with Gasteiger partial charge < -0.3 is 5.32 Å². The number of anilines is 1. The second kappa shape index (κ2) is 5.97. The molecule has 0 aliphatic rings. The number of rotatable bonds is 5. The van der Waals surface area contributed by atoms with Crippen molar-refractivity contribution < 1.29 is 4.79 Å². The molecule has 1 atom stereocenters. The summed E-state index contributed by atoms with van der Waals surface area (Å²) in [7, 11) is 0. The van der Waals surface area contributed by atoms with Crippen LogP contribution in [0.1, 0.15) is 26.3 Å². The zero-order valence-corrected chi connectivity index (χ0v) is 12.6. The Balaban J connectivity index is 1.74. The number of nitrogens with zero attached hydrogens (tertiary/aromatic N) is 5. The van der Waals surface area contributed by atoms with Crippen LogP contribution in [0, 0.1) is 0 Å². The summed E-state index contributed by atoms with van der Waals surface area (Å²) in [6.45, 7) is 4.26. The molecule has 3 aromatic rings. The number of nitrogens with one attached hydrogen (secondary N) is 1. The van der Waals surface area contributed by atoms with E-state index >= 15 is 0 Å². The first-order chi connectivity index (χ1) is 10.7. The van der Waals surface area contributed by atoms with Gasteiger partial charge in [-0.25, -0.2) is 9.36 Å². The third-order valence-corrected chi connectivity index (χ3v) is 3.66. The van der Waals surface area contributed by atoms with Crippen LogP contribution in [0.2, 0.25) is 0 Å². The molecule has 0 aliphatic heterocycles. The fourth-order valence-electron chi connectivity index (χ4n) is 2.29. The minimum atomic E-state index is -0.152. The first kappa shape index (κ1) is 14.2. The van der Waals surface area contributed by atoms with Gasteiger partial charge in [-0.1, -0.05) is 24.3 Å². The third-order valence-electron chi connectivity index (χ3n) is 3.66. The number of carbonyl (C=O) groups excluding carboxylic acids is 1. The summed E-state index contributed by atoms with van der Waals surface area (Å²) in [6.07, 6.45) is 2.63. The van der Waals surface area contributed by atoms with Crippen LogP contribution in [0.5, 0.6) is 0 Å². The van der Waals surface area contributed by atoms with E-state index < -0.39 is 0 Å². The second-order valence-corrected chi connectivity index (χ2v) is 5.20. The predicted molar refractivity (Wildman–Crippen MR) is 83.4 cm³/mol. The summed E-state index contributed by atoms with van der Waals surface area (Å²) in [5, 5.41) is 15.2. The normalized spacial score (nSPS) is 12.5. The van der Waals surface area contributed by atoms with Crippen LogP contribution in [-0.2, 0) is 11.3 Å². The van der Waals surface area contributed by atoms with Gasteiger partial charge >= 0.3 is 0 Å². The number of fused-ring (bicyclic) bond motifs is 1. The van der Waals surface area contributed by atoms with Crippen molar-refractivity contribution in [3.05, 3.63) is 36.5 Å². The first-order valence-corrected chi connectivity index (χ1v) is 7.30. The van der Waals surface area contributed by atoms with Crippen molar-refractivity contribution in [3.63, 3.8) is 0 Å². The molecule has 3 rings (SSSR count). The smallest absolute Gasteiger partial charge is 0.247 e. The largest absolute Gasteiger partial charge is 0.309 e. The molecule has 0 saturated carbocycles. The van der Waals surface area contributed by atoms with Gasteiger partial charge in [-0.3, -0.25) is 4.79 Å². The SMILES string of the molecule is CCC(C)n1nccc1NC(=O)Cn1nnc2ccccc21. The standard InChI is InChI=1S/C15H18N6O/c1-3-11(2)21-14(8-9-16-21)17-15(22)10-20-13-7-5-4-6-12(13)18-19-20/h4-9,11H,3,10H2,1-2H3,(H,17,22). The number of hydrogen-bond acceptors (Lipinski definition) is 4. The average molecular weight is 298 g/mol. The molecule has 2 heterocycles. The number of amides is 1. The van der Waals surface area contributed by atoms with Gasteiger partial charge in [0.25, 0.3) is 0 Å². The zero-order chi connectivity index (χ0) is 15.5. The summed E-state index contributed by atoms with van der Waals surface area (Å²) in [5.41, 5.74) is 1.62. The fraction of sp³-hybridized carbons (Fsp3) is 0.333. The van der Waals surface area contributed by atoms with E-state index in [1.165, 1.54) is 0 Å². The van der Waals surface area contributed by atoms with E-state index in [0.29, 0.717) is 5.82 Å². The molecule has 1 aromatic carbocycles. The van der Waals surface area contributed by atoms with E-state index in [1.807, 2.05) is 28.9 Å².